The summed E-state index contributed by atoms with van der Waals surface area (Å²) in [5.74, 6) is 8.62. The van der Waals surface area contributed by atoms with Gasteiger partial charge < -0.3 is 92.6 Å². The number of allylic oxidation sites excluding steroid dienone is 2. The molecule has 90 heavy (non-hydrogen) atoms. The Bertz CT molecular complexity index is 2910. The van der Waals surface area contributed by atoms with Crippen LogP contribution in [-0.2, 0) is 66.5 Å². The fourth-order valence-electron chi connectivity index (χ4n) is 10.8. The maximum absolute atomic E-state index is 15.6. The molecule has 4 fully saturated rings. The van der Waals surface area contributed by atoms with Gasteiger partial charge in [0.1, 0.15) is 30.5 Å². The van der Waals surface area contributed by atoms with Gasteiger partial charge in [0.25, 0.3) is 5.91 Å². The van der Waals surface area contributed by atoms with E-state index < -0.39 is 134 Å². The summed E-state index contributed by atoms with van der Waals surface area (Å²) >= 11 is 1.47. The Labute approximate surface area is 542 Å². The Hall–Kier alpha value is -4.27. The maximum atomic E-state index is 15.6. The van der Waals surface area contributed by atoms with Gasteiger partial charge in [0, 0.05) is 61.4 Å². The Morgan fingerprint density at radius 3 is 2.22 bits per heavy atom. The average molecular weight is 1360 g/mol. The molecule has 19 atom stereocenters. The molecule has 6 aliphatic rings. The van der Waals surface area contributed by atoms with E-state index >= 15 is 4.79 Å². The third-order valence-electron chi connectivity index (χ3n) is 15.3. The number of ether oxygens (including phenoxy) is 13. The molecular formula is C59H80N4O22S5. The highest BCUT2D eigenvalue weighted by Gasteiger charge is 2.57. The van der Waals surface area contributed by atoms with Crippen LogP contribution in [-0.4, -0.2) is 226 Å². The average Bonchev–Trinajstić information content (AvgIpc) is 0.759. The van der Waals surface area contributed by atoms with Crippen molar-refractivity contribution in [3.63, 3.8) is 0 Å². The van der Waals surface area contributed by atoms with Gasteiger partial charge in [0.2, 0.25) is 5.78 Å². The molecule has 8 N–H and O–H groups in total. The number of methoxy groups -OCH3 is 5. The number of Topliss-reactive ketones (excluding diaryl/α,β-unsaturated/α-hetero) is 1. The van der Waals surface area contributed by atoms with Crippen LogP contribution in [0.2, 0.25) is 0 Å². The number of carbonyl (C=O) groups is 4. The number of esters is 1. The van der Waals surface area contributed by atoms with Crippen molar-refractivity contribution < 1.29 is 106 Å². The Kier molecular flexibility index (Phi) is 27.8. The lowest BCUT2D eigenvalue weighted by Crippen LogP contribution is -2.65. The fourth-order valence-corrected chi connectivity index (χ4v) is 16.6. The summed E-state index contributed by atoms with van der Waals surface area (Å²) in [5, 5.41) is 56.9. The second-order valence-corrected chi connectivity index (χ2v) is 28.6. The quantitative estimate of drug-likeness (QED) is 0.0123. The van der Waals surface area contributed by atoms with Gasteiger partial charge in [0.05, 0.1) is 99.8 Å². The molecule has 1 aromatic rings. The summed E-state index contributed by atoms with van der Waals surface area (Å²) in [6.07, 6.45) is -11.7. The molecule has 498 valence electrons. The molecule has 31 heteroatoms. The molecule has 4 saturated heterocycles. The number of hydrogen-bond acceptors (Lipinski definition) is 29. The number of thioether (sulfide) groups is 1. The van der Waals surface area contributed by atoms with E-state index in [2.05, 4.69) is 51.7 Å². The van der Waals surface area contributed by atoms with Crippen molar-refractivity contribution in [2.45, 2.75) is 175 Å². The van der Waals surface area contributed by atoms with Crippen molar-refractivity contribution in [3.05, 3.63) is 65.1 Å². The number of benzene rings is 1. The molecule has 4 aliphatic heterocycles. The number of anilines is 1. The number of aliphatic hydroxyl groups is 4. The van der Waals surface area contributed by atoms with Gasteiger partial charge in [-0.05, 0) is 65.1 Å². The first kappa shape index (κ1) is 73.1. The van der Waals surface area contributed by atoms with Gasteiger partial charge in [-0.2, -0.15) is 17.2 Å². The lowest BCUT2D eigenvalue weighted by Gasteiger charge is -2.47. The summed E-state index contributed by atoms with van der Waals surface area (Å²) in [6.45, 7) is 12.6. The van der Waals surface area contributed by atoms with E-state index in [1.807, 2.05) is 33.3 Å². The number of nitrogens with one attached hydrogen (secondary N) is 4. The zero-order valence-electron chi connectivity index (χ0n) is 51.8. The van der Waals surface area contributed by atoms with Gasteiger partial charge in [0.15, 0.2) is 54.1 Å². The van der Waals surface area contributed by atoms with Crippen LogP contribution in [0.3, 0.4) is 0 Å². The molecule has 0 saturated carbocycles. The van der Waals surface area contributed by atoms with Crippen LogP contribution in [0.4, 0.5) is 10.5 Å². The lowest BCUT2D eigenvalue weighted by atomic mass is 9.73. The van der Waals surface area contributed by atoms with Crippen LogP contribution in [0.5, 0.6) is 11.5 Å². The van der Waals surface area contributed by atoms with Gasteiger partial charge in [-0.15, -0.1) is 0 Å². The topological polar surface area (TPSA) is 327 Å². The van der Waals surface area contributed by atoms with E-state index in [0.29, 0.717) is 0 Å². The monoisotopic (exact) mass is 1360 g/mol. The number of amides is 2. The van der Waals surface area contributed by atoms with Crippen LogP contribution in [0.1, 0.15) is 64.2 Å². The van der Waals surface area contributed by atoms with Gasteiger partial charge in [-0.1, -0.05) is 71.8 Å². The van der Waals surface area contributed by atoms with Crippen molar-refractivity contribution in [2.24, 2.45) is 0 Å². The summed E-state index contributed by atoms with van der Waals surface area (Å²) < 4.78 is 78.0. The second-order valence-electron chi connectivity index (χ2n) is 21.5. The van der Waals surface area contributed by atoms with Crippen LogP contribution in [0, 0.1) is 23.7 Å². The molecule has 0 spiro atoms. The minimum absolute atomic E-state index is 0.0839. The first-order chi connectivity index (χ1) is 43.0. The van der Waals surface area contributed by atoms with Crippen LogP contribution >= 0.6 is 53.0 Å². The fraction of sp³-hybridized carbons (Fsp3) is 0.627. The predicted molar refractivity (Wildman–Crippen MR) is 337 cm³/mol. The minimum Gasteiger partial charge on any atom is -0.493 e. The minimum atomic E-state index is -2.67. The number of rotatable bonds is 26. The van der Waals surface area contributed by atoms with E-state index in [0.717, 1.165) is 7.11 Å². The molecule has 2 aliphatic carbocycles. The van der Waals surface area contributed by atoms with Gasteiger partial charge in [-0.3, -0.25) is 19.7 Å². The van der Waals surface area contributed by atoms with E-state index in [1.54, 1.807) is 20.1 Å². The summed E-state index contributed by atoms with van der Waals surface area (Å²) in [4.78, 5) is 62.6. The van der Waals surface area contributed by atoms with E-state index in [-0.39, 0.29) is 88.3 Å². The van der Waals surface area contributed by atoms with E-state index in [1.165, 1.54) is 106 Å². The molecule has 26 nitrogen and oxygen atoms in total. The molecule has 1 unspecified atom stereocenters. The first-order valence-electron chi connectivity index (χ1n) is 28.6. The van der Waals surface area contributed by atoms with Crippen molar-refractivity contribution in [2.75, 3.05) is 65.7 Å². The predicted octanol–water partition coefficient (Wildman–Crippen LogP) is 4.06. The Balaban J connectivity index is 1.27. The van der Waals surface area contributed by atoms with Crippen molar-refractivity contribution in [3.8, 4) is 35.2 Å². The van der Waals surface area contributed by atoms with Crippen molar-refractivity contribution >= 4 is 82.4 Å². The number of alkyl carbamates (subject to hydrolysis) is 1. The number of carbonyl (C=O) groups excluding carboxylic acids is 4. The van der Waals surface area contributed by atoms with Crippen LogP contribution < -0.4 is 30.9 Å². The Morgan fingerprint density at radius 2 is 1.56 bits per heavy atom. The second kappa shape index (κ2) is 34.2. The number of hydroxylamine groups is 1. The molecule has 0 aromatic heterocycles. The molecule has 1 aromatic carbocycles. The number of fused-ring (bicyclic) bond motifs is 2. The standard InChI is InChI=1S/C59H80N4O22S5/c1-28(2)60-36-27-77-43(25-39(36)73-8)83-52-50(66)47(63-85-45-24-37(64)53(86-12)31(5)79-45)29(3)80-57(52)82-38-18-16-14-15-17-20-59(71)34(19-21-88-90-89-87-13)46(38)48(62-58(70)76-11)51(67)54(59)84-44-26-42(49(65)30(4)78-44)81-56(69)33-22-40(74-9)41(75-10)23-35(33)61-55(68)32(6)72-7/h14-15,19,22-23,28-31,36-39,42-45,47,49-50,52-54,57,60,63-66,71H,6,21,24-27H2,1-5,7-13H3,(H,61,68)(H,62,70)/b15-14-,34-19-/t29-,30+,31-,36+,37+,38+,39+,42+,43+,44+,45+,47-,49-,50?,52-,53-,54-,57+,59-/m1/s1. The molecular weight excluding hydrogens is 1280 g/mol. The molecule has 0 radical (unpaired) electrons. The van der Waals surface area contributed by atoms with E-state index in [4.69, 9.17) is 66.4 Å². The molecule has 4 heterocycles. The Morgan fingerprint density at radius 1 is 0.844 bits per heavy atom. The number of hydrogen-bond donors (Lipinski definition) is 8. The normalized spacial score (nSPS) is 34.2. The highest BCUT2D eigenvalue weighted by molar-refractivity contribution is 9.26. The van der Waals surface area contributed by atoms with Crippen molar-refractivity contribution in [1.29, 1.82) is 0 Å². The first-order valence-corrected chi connectivity index (χ1v) is 35.3. The third-order valence-corrected chi connectivity index (χ3v) is 22.5. The van der Waals surface area contributed by atoms with Crippen molar-refractivity contribution in [1.82, 2.24) is 16.1 Å². The highest BCUT2D eigenvalue weighted by Crippen LogP contribution is 2.46. The molecule has 2 bridgehead atoms. The van der Waals surface area contributed by atoms with Gasteiger partial charge >= 0.3 is 12.1 Å². The number of aliphatic hydroxyl groups excluding tert-OH is 3. The summed E-state index contributed by atoms with van der Waals surface area (Å²) in [7, 11) is 12.3. The molecule has 7 rings (SSSR count). The lowest BCUT2D eigenvalue weighted by molar-refractivity contribution is -0.336. The zero-order valence-corrected chi connectivity index (χ0v) is 55.9. The third kappa shape index (κ3) is 17.9. The molecule has 2 amide bonds. The largest absolute Gasteiger partial charge is 0.493 e. The SMILES string of the molecule is C=C(OC)C(=O)Nc1cc(OC)c(OC)cc1C(=O)O[C@H]1C[C@H](O[C@@H]2C(=O)C(NC(=O)OC)=C3/C(=C/CSSSSC)[C@]2(O)C#C/C=C\C#C[C@@H]3O[C@@H]2O[C@H](C)[C@@H](NO[C@H]3C[C@H](O)[C@H](SC)[C@@H](C)O3)C(O)[C@H]2O[C@H]2C[C@H](OC)[C@@H](NC(C)C)CO2)O[C@@H](C)[C@H]1O. The highest BCUT2D eigenvalue weighted by atomic mass is 33.7. The van der Waals surface area contributed by atoms with Crippen LogP contribution in [0.25, 0.3) is 0 Å². The smallest absolute Gasteiger partial charge is 0.411 e. The maximum Gasteiger partial charge on any atom is 0.411 e. The van der Waals surface area contributed by atoms with Gasteiger partial charge in [-0.25, -0.2) is 9.59 Å². The summed E-state index contributed by atoms with van der Waals surface area (Å²) in [6, 6.07) is 1.39. The summed E-state index contributed by atoms with van der Waals surface area (Å²) in [5.41, 5.74) is -0.959. The van der Waals surface area contributed by atoms with E-state index in [9.17, 15) is 34.8 Å². The zero-order chi connectivity index (χ0) is 65.6. The number of ketones is 1. The van der Waals surface area contributed by atoms with Crippen LogP contribution in [0.15, 0.2) is 59.5 Å².